The lowest BCUT2D eigenvalue weighted by atomic mass is 10.1. The number of urea groups is 1. The molecule has 3 aromatic carbocycles. The second-order valence-corrected chi connectivity index (χ2v) is 8.42. The number of hydrogen-bond acceptors (Lipinski definition) is 3. The average molecular weight is 485 g/mol. The van der Waals surface area contributed by atoms with Gasteiger partial charge >= 0.3 is 6.03 Å². The Bertz CT molecular complexity index is 1250. The summed E-state index contributed by atoms with van der Waals surface area (Å²) in [5.74, 6) is -0.567. The zero-order valence-corrected chi connectivity index (χ0v) is 19.1. The minimum absolute atomic E-state index is 0.0834. The van der Waals surface area contributed by atoms with Gasteiger partial charge in [0.2, 0.25) is 0 Å². The summed E-state index contributed by atoms with van der Waals surface area (Å²) < 4.78 is 19.0. The largest absolute Gasteiger partial charge is 0.486 e. The van der Waals surface area contributed by atoms with Crippen LogP contribution in [0.3, 0.4) is 0 Å². The maximum atomic E-state index is 13.3. The smallest absolute Gasteiger partial charge is 0.329 e. The molecular formula is C25H19Cl2FN2O3. The molecule has 4 rings (SSSR count). The van der Waals surface area contributed by atoms with Crippen molar-refractivity contribution in [2.24, 2.45) is 0 Å². The molecule has 1 fully saturated rings. The van der Waals surface area contributed by atoms with Crippen molar-refractivity contribution in [3.05, 3.63) is 104 Å². The van der Waals surface area contributed by atoms with Gasteiger partial charge in [0.05, 0.1) is 16.6 Å². The van der Waals surface area contributed by atoms with Crippen LogP contribution in [0, 0.1) is 12.7 Å². The maximum absolute atomic E-state index is 13.3. The van der Waals surface area contributed by atoms with Crippen molar-refractivity contribution in [2.75, 3.05) is 0 Å². The quantitative estimate of drug-likeness (QED) is 0.339. The Hall–Kier alpha value is -3.35. The van der Waals surface area contributed by atoms with Gasteiger partial charge in [-0.25, -0.2) is 9.18 Å². The van der Waals surface area contributed by atoms with Crippen LogP contribution in [0.4, 0.5) is 9.18 Å². The first-order chi connectivity index (χ1) is 15.8. The summed E-state index contributed by atoms with van der Waals surface area (Å²) in [6, 6.07) is 16.3. The van der Waals surface area contributed by atoms with E-state index >= 15 is 0 Å². The van der Waals surface area contributed by atoms with E-state index in [1.54, 1.807) is 24.3 Å². The summed E-state index contributed by atoms with van der Waals surface area (Å²) in [5.41, 5.74) is 3.16. The molecule has 0 aromatic heterocycles. The van der Waals surface area contributed by atoms with Gasteiger partial charge in [-0.1, -0.05) is 65.2 Å². The van der Waals surface area contributed by atoms with Crippen molar-refractivity contribution in [2.45, 2.75) is 20.1 Å². The molecule has 1 heterocycles. The van der Waals surface area contributed by atoms with Crippen LogP contribution < -0.4 is 10.1 Å². The van der Waals surface area contributed by atoms with E-state index in [9.17, 15) is 14.0 Å². The molecule has 33 heavy (non-hydrogen) atoms. The number of halogens is 3. The molecule has 3 aromatic rings. The molecule has 1 saturated heterocycles. The molecule has 1 aliphatic rings. The first kappa shape index (κ1) is 22.8. The number of aryl methyl sites for hydroxylation is 1. The van der Waals surface area contributed by atoms with Crippen LogP contribution in [0.15, 0.2) is 66.4 Å². The third kappa shape index (κ3) is 5.35. The highest BCUT2D eigenvalue weighted by molar-refractivity contribution is 6.37. The van der Waals surface area contributed by atoms with E-state index in [-0.39, 0.29) is 40.5 Å². The van der Waals surface area contributed by atoms with Crippen LogP contribution in [0.25, 0.3) is 6.08 Å². The number of benzene rings is 3. The molecule has 0 radical (unpaired) electrons. The minimum atomic E-state index is -0.500. The number of nitrogens with zero attached hydrogens (tertiary/aromatic N) is 1. The highest BCUT2D eigenvalue weighted by Gasteiger charge is 2.33. The van der Waals surface area contributed by atoms with Gasteiger partial charge in [0.1, 0.15) is 18.1 Å². The first-order valence-electron chi connectivity index (χ1n) is 10.1. The van der Waals surface area contributed by atoms with Gasteiger partial charge in [-0.3, -0.25) is 9.69 Å². The van der Waals surface area contributed by atoms with Gasteiger partial charge < -0.3 is 10.1 Å². The number of amides is 3. The number of rotatable bonds is 6. The van der Waals surface area contributed by atoms with Gasteiger partial charge in [-0.15, -0.1) is 0 Å². The topological polar surface area (TPSA) is 58.6 Å². The summed E-state index contributed by atoms with van der Waals surface area (Å²) in [4.78, 5) is 26.3. The van der Waals surface area contributed by atoms with Crippen LogP contribution in [0.2, 0.25) is 10.0 Å². The Labute approximate surface area is 200 Å². The lowest BCUT2D eigenvalue weighted by molar-refractivity contribution is -0.123. The lowest BCUT2D eigenvalue weighted by Gasteiger charge is -2.12. The van der Waals surface area contributed by atoms with Crippen LogP contribution in [0.5, 0.6) is 5.75 Å². The summed E-state index contributed by atoms with van der Waals surface area (Å²) in [6.07, 6.45) is 1.50. The molecule has 0 bridgehead atoms. The van der Waals surface area contributed by atoms with E-state index < -0.39 is 11.9 Å². The fourth-order valence-electron chi connectivity index (χ4n) is 3.46. The summed E-state index contributed by atoms with van der Waals surface area (Å²) >= 11 is 12.7. The van der Waals surface area contributed by atoms with Gasteiger partial charge in [0.15, 0.2) is 5.75 Å². The van der Waals surface area contributed by atoms with Crippen LogP contribution >= 0.6 is 23.2 Å². The molecule has 0 unspecified atom stereocenters. The van der Waals surface area contributed by atoms with Crippen molar-refractivity contribution in [3.8, 4) is 5.75 Å². The molecule has 1 aliphatic heterocycles. The van der Waals surface area contributed by atoms with E-state index in [0.717, 1.165) is 16.0 Å². The highest BCUT2D eigenvalue weighted by Crippen LogP contribution is 2.35. The normalized spacial score (nSPS) is 14.7. The van der Waals surface area contributed by atoms with E-state index in [4.69, 9.17) is 27.9 Å². The third-order valence-electron chi connectivity index (χ3n) is 4.99. The van der Waals surface area contributed by atoms with E-state index in [0.29, 0.717) is 11.1 Å². The second kappa shape index (κ2) is 9.65. The fraction of sp³-hybridized carbons (Fsp3) is 0.120. The Balaban J connectivity index is 1.50. The van der Waals surface area contributed by atoms with Crippen LogP contribution in [-0.2, 0) is 17.9 Å². The van der Waals surface area contributed by atoms with E-state index in [1.807, 2.05) is 31.2 Å². The molecule has 3 amide bonds. The van der Waals surface area contributed by atoms with Gasteiger partial charge in [0, 0.05) is 0 Å². The molecule has 0 aliphatic carbocycles. The molecule has 0 saturated carbocycles. The number of hydrogen-bond donors (Lipinski definition) is 1. The zero-order valence-electron chi connectivity index (χ0n) is 17.6. The number of carbonyl (C=O) groups excluding carboxylic acids is 2. The zero-order chi connectivity index (χ0) is 23.5. The minimum Gasteiger partial charge on any atom is -0.486 e. The summed E-state index contributed by atoms with van der Waals surface area (Å²) in [6.45, 7) is 2.19. The van der Waals surface area contributed by atoms with Crippen molar-refractivity contribution < 1.29 is 18.7 Å². The molecule has 0 atom stereocenters. The third-order valence-corrected chi connectivity index (χ3v) is 5.55. The molecule has 168 valence electrons. The highest BCUT2D eigenvalue weighted by atomic mass is 35.5. The molecule has 0 spiro atoms. The van der Waals surface area contributed by atoms with E-state index in [2.05, 4.69) is 5.32 Å². The van der Waals surface area contributed by atoms with Gasteiger partial charge in [0.25, 0.3) is 5.91 Å². The molecule has 5 nitrogen and oxygen atoms in total. The van der Waals surface area contributed by atoms with Gasteiger partial charge in [-0.05, 0) is 54.0 Å². The molecule has 1 N–H and O–H groups in total. The van der Waals surface area contributed by atoms with Crippen molar-refractivity contribution in [3.63, 3.8) is 0 Å². The summed E-state index contributed by atoms with van der Waals surface area (Å²) in [7, 11) is 0. The van der Waals surface area contributed by atoms with Crippen LogP contribution in [0.1, 0.15) is 22.3 Å². The SMILES string of the molecule is Cc1cccc(CN2C(=O)N/C(=C/c3cc(Cl)c(OCc4cccc(F)c4)c(Cl)c3)C2=O)c1. The standard InChI is InChI=1S/C25H19Cl2FN2O3/c1-15-4-2-5-16(8-15)13-30-24(31)22(29-25(30)32)12-18-10-20(26)23(21(27)11-18)33-14-17-6-3-7-19(28)9-17/h2-12H,13-14H2,1H3,(H,29,32)/b22-12+. The lowest BCUT2D eigenvalue weighted by Crippen LogP contribution is -2.30. The average Bonchev–Trinajstić information content (AvgIpc) is 3.00. The maximum Gasteiger partial charge on any atom is 0.329 e. The summed E-state index contributed by atoms with van der Waals surface area (Å²) in [5, 5.41) is 3.03. The predicted octanol–water partition coefficient (Wildman–Crippen LogP) is 6.11. The number of nitrogens with one attached hydrogen (secondary N) is 1. The van der Waals surface area contributed by atoms with Crippen molar-refractivity contribution in [1.29, 1.82) is 0 Å². The van der Waals surface area contributed by atoms with E-state index in [1.165, 1.54) is 18.2 Å². The fourth-order valence-corrected chi connectivity index (χ4v) is 4.07. The molecular weight excluding hydrogens is 466 g/mol. The monoisotopic (exact) mass is 484 g/mol. The van der Waals surface area contributed by atoms with Crippen molar-refractivity contribution in [1.82, 2.24) is 10.2 Å². The number of carbonyl (C=O) groups is 2. The predicted molar refractivity (Wildman–Crippen MR) is 125 cm³/mol. The Morgan fingerprint density at radius 3 is 2.39 bits per heavy atom. The number of ether oxygens (including phenoxy) is 1. The number of imide groups is 1. The first-order valence-corrected chi connectivity index (χ1v) is 10.8. The molecule has 8 heteroatoms. The second-order valence-electron chi connectivity index (χ2n) is 7.60. The van der Waals surface area contributed by atoms with Crippen molar-refractivity contribution >= 4 is 41.2 Å². The van der Waals surface area contributed by atoms with Gasteiger partial charge in [-0.2, -0.15) is 0 Å². The Morgan fingerprint density at radius 2 is 1.70 bits per heavy atom. The van der Waals surface area contributed by atoms with Crippen LogP contribution in [-0.4, -0.2) is 16.8 Å². The Morgan fingerprint density at radius 1 is 1.00 bits per heavy atom. The Kier molecular flexibility index (Phi) is 6.67.